The summed E-state index contributed by atoms with van der Waals surface area (Å²) in [5.74, 6) is 1.95. The van der Waals surface area contributed by atoms with Crippen molar-refractivity contribution in [2.45, 2.75) is 64.3 Å². The maximum absolute atomic E-state index is 12.3. The highest BCUT2D eigenvalue weighted by Crippen LogP contribution is 2.18. The van der Waals surface area contributed by atoms with Gasteiger partial charge in [-0.2, -0.15) is 4.52 Å². The summed E-state index contributed by atoms with van der Waals surface area (Å²) >= 11 is 0. The van der Waals surface area contributed by atoms with Gasteiger partial charge in [-0.25, -0.2) is 0 Å². The van der Waals surface area contributed by atoms with Crippen LogP contribution in [0.1, 0.15) is 57.7 Å². The predicted octanol–water partition coefficient (Wildman–Crippen LogP) is 2.04. The Morgan fingerprint density at radius 2 is 2.00 bits per heavy atom. The monoisotopic (exact) mass is 399 g/mol. The van der Waals surface area contributed by atoms with Crippen LogP contribution in [0.15, 0.2) is 12.1 Å². The highest BCUT2D eigenvalue weighted by Gasteiger charge is 2.23. The Hall–Kier alpha value is -2.22. The number of rotatable bonds is 8. The SMILES string of the molecule is CCN1CCCC1CNC(=O)CCCc1nnc2ccc(N3CCCCC3)nn12. The van der Waals surface area contributed by atoms with E-state index >= 15 is 0 Å². The molecule has 8 heteroatoms. The number of nitrogens with one attached hydrogen (secondary N) is 1. The van der Waals surface area contributed by atoms with Crippen LogP contribution in [0.25, 0.3) is 5.65 Å². The van der Waals surface area contributed by atoms with Crippen LogP contribution in [0.5, 0.6) is 0 Å². The van der Waals surface area contributed by atoms with E-state index in [1.54, 1.807) is 0 Å². The normalized spacial score (nSPS) is 20.4. The fraction of sp³-hybridized carbons (Fsp3) is 0.714. The molecule has 1 N–H and O–H groups in total. The molecule has 1 atom stereocenters. The summed E-state index contributed by atoms with van der Waals surface area (Å²) in [6.07, 6.45) is 8.14. The average Bonchev–Trinajstić information content (AvgIpc) is 3.39. The number of nitrogens with zero attached hydrogens (tertiary/aromatic N) is 6. The third-order valence-corrected chi connectivity index (χ3v) is 6.24. The van der Waals surface area contributed by atoms with E-state index in [1.807, 2.05) is 16.6 Å². The summed E-state index contributed by atoms with van der Waals surface area (Å²) in [4.78, 5) is 17.0. The summed E-state index contributed by atoms with van der Waals surface area (Å²) in [6.45, 7) is 7.30. The molecule has 2 fully saturated rings. The number of carbonyl (C=O) groups excluding carboxylic acids is 1. The Labute approximate surface area is 172 Å². The first kappa shape index (κ1) is 20.1. The zero-order valence-electron chi connectivity index (χ0n) is 17.5. The van der Waals surface area contributed by atoms with Gasteiger partial charge in [0.15, 0.2) is 11.5 Å². The number of hydrogen-bond donors (Lipinski definition) is 1. The molecule has 8 nitrogen and oxygen atoms in total. The van der Waals surface area contributed by atoms with Gasteiger partial charge in [-0.05, 0) is 63.7 Å². The van der Waals surface area contributed by atoms with Gasteiger partial charge in [0, 0.05) is 38.5 Å². The van der Waals surface area contributed by atoms with Gasteiger partial charge in [0.05, 0.1) is 0 Å². The minimum absolute atomic E-state index is 0.128. The van der Waals surface area contributed by atoms with Gasteiger partial charge in [0.1, 0.15) is 5.82 Å². The fourth-order valence-electron chi connectivity index (χ4n) is 4.54. The molecule has 4 rings (SSSR count). The van der Waals surface area contributed by atoms with E-state index in [-0.39, 0.29) is 5.91 Å². The van der Waals surface area contributed by atoms with Crippen molar-refractivity contribution in [1.29, 1.82) is 0 Å². The summed E-state index contributed by atoms with van der Waals surface area (Å²) in [7, 11) is 0. The fourth-order valence-corrected chi connectivity index (χ4v) is 4.54. The lowest BCUT2D eigenvalue weighted by atomic mass is 10.1. The molecule has 0 saturated carbocycles. The van der Waals surface area contributed by atoms with E-state index in [1.165, 1.54) is 32.1 Å². The van der Waals surface area contributed by atoms with Crippen molar-refractivity contribution in [2.24, 2.45) is 0 Å². The largest absolute Gasteiger partial charge is 0.355 e. The van der Waals surface area contributed by atoms with Gasteiger partial charge in [0.25, 0.3) is 0 Å². The van der Waals surface area contributed by atoms with Crippen molar-refractivity contribution in [2.75, 3.05) is 37.6 Å². The lowest BCUT2D eigenvalue weighted by Gasteiger charge is -2.27. The lowest BCUT2D eigenvalue weighted by molar-refractivity contribution is -0.121. The Morgan fingerprint density at radius 1 is 1.14 bits per heavy atom. The minimum Gasteiger partial charge on any atom is -0.355 e. The number of likely N-dealkylation sites (tertiary alicyclic amines) is 1. The first-order chi connectivity index (χ1) is 14.2. The maximum Gasteiger partial charge on any atom is 0.220 e. The molecule has 1 unspecified atom stereocenters. The molecule has 0 radical (unpaired) electrons. The van der Waals surface area contributed by atoms with Crippen LogP contribution in [-0.4, -0.2) is 69.4 Å². The van der Waals surface area contributed by atoms with Gasteiger partial charge in [-0.1, -0.05) is 6.92 Å². The van der Waals surface area contributed by atoms with E-state index in [0.29, 0.717) is 18.9 Å². The van der Waals surface area contributed by atoms with Crippen molar-refractivity contribution < 1.29 is 4.79 Å². The molecule has 2 aliphatic heterocycles. The number of hydrogen-bond acceptors (Lipinski definition) is 6. The number of anilines is 1. The predicted molar refractivity (Wildman–Crippen MR) is 113 cm³/mol. The summed E-state index contributed by atoms with van der Waals surface area (Å²) in [5.41, 5.74) is 0.770. The van der Waals surface area contributed by atoms with Gasteiger partial charge in [-0.15, -0.1) is 15.3 Å². The molecule has 2 saturated heterocycles. The Morgan fingerprint density at radius 3 is 2.83 bits per heavy atom. The number of piperidine rings is 1. The van der Waals surface area contributed by atoms with Crippen LogP contribution in [0.4, 0.5) is 5.82 Å². The molecule has 4 heterocycles. The highest BCUT2D eigenvalue weighted by molar-refractivity contribution is 5.75. The topological polar surface area (TPSA) is 78.7 Å². The van der Waals surface area contributed by atoms with E-state index in [9.17, 15) is 4.79 Å². The van der Waals surface area contributed by atoms with Crippen molar-refractivity contribution in [3.8, 4) is 0 Å². The number of amides is 1. The number of aromatic nitrogens is 4. The van der Waals surface area contributed by atoms with Crippen LogP contribution in [0.2, 0.25) is 0 Å². The van der Waals surface area contributed by atoms with E-state index < -0.39 is 0 Å². The minimum atomic E-state index is 0.128. The number of carbonyl (C=O) groups is 1. The highest BCUT2D eigenvalue weighted by atomic mass is 16.1. The molecule has 2 aromatic heterocycles. The van der Waals surface area contributed by atoms with Gasteiger partial charge < -0.3 is 10.2 Å². The Balaban J connectivity index is 1.28. The second-order valence-corrected chi connectivity index (χ2v) is 8.21. The van der Waals surface area contributed by atoms with Gasteiger partial charge in [0.2, 0.25) is 5.91 Å². The Kier molecular flexibility index (Phi) is 6.59. The molecule has 1 amide bonds. The second kappa shape index (κ2) is 9.52. The quantitative estimate of drug-likeness (QED) is 0.732. The maximum atomic E-state index is 12.3. The first-order valence-corrected chi connectivity index (χ1v) is 11.2. The molecular formula is C21H33N7O. The number of aryl methyl sites for hydroxylation is 1. The van der Waals surface area contributed by atoms with E-state index in [2.05, 4.69) is 32.2 Å². The van der Waals surface area contributed by atoms with Gasteiger partial charge in [-0.3, -0.25) is 9.69 Å². The van der Waals surface area contributed by atoms with Crippen LogP contribution < -0.4 is 10.2 Å². The zero-order chi connectivity index (χ0) is 20.1. The van der Waals surface area contributed by atoms with Crippen molar-refractivity contribution in [3.05, 3.63) is 18.0 Å². The van der Waals surface area contributed by atoms with E-state index in [0.717, 1.165) is 56.4 Å². The summed E-state index contributed by atoms with van der Waals surface area (Å²) < 4.78 is 1.85. The summed E-state index contributed by atoms with van der Waals surface area (Å²) in [6, 6.07) is 4.53. The first-order valence-electron chi connectivity index (χ1n) is 11.2. The molecule has 2 aliphatic rings. The van der Waals surface area contributed by atoms with Crippen LogP contribution >= 0.6 is 0 Å². The third-order valence-electron chi connectivity index (χ3n) is 6.24. The smallest absolute Gasteiger partial charge is 0.220 e. The van der Waals surface area contributed by atoms with E-state index in [4.69, 9.17) is 5.10 Å². The zero-order valence-corrected chi connectivity index (χ0v) is 17.5. The standard InChI is InChI=1S/C21H33N7O/c1-2-26-15-7-8-17(26)16-22-21(29)10-6-9-18-23-24-19-11-12-20(25-28(18)19)27-13-4-3-5-14-27/h11-12,17H,2-10,13-16H2,1H3,(H,22,29). The van der Waals surface area contributed by atoms with Crippen molar-refractivity contribution in [1.82, 2.24) is 30.0 Å². The average molecular weight is 400 g/mol. The van der Waals surface area contributed by atoms with Crippen molar-refractivity contribution >= 4 is 17.4 Å². The second-order valence-electron chi connectivity index (χ2n) is 8.21. The van der Waals surface area contributed by atoms with Crippen LogP contribution in [0, 0.1) is 0 Å². The molecule has 2 aromatic rings. The number of likely N-dealkylation sites (N-methyl/N-ethyl adjacent to an activating group) is 1. The molecule has 0 aliphatic carbocycles. The van der Waals surface area contributed by atoms with Gasteiger partial charge >= 0.3 is 0 Å². The molecule has 158 valence electrons. The third kappa shape index (κ3) is 4.86. The van der Waals surface area contributed by atoms with Crippen LogP contribution in [0.3, 0.4) is 0 Å². The Bertz CT molecular complexity index is 814. The molecular weight excluding hydrogens is 366 g/mol. The molecule has 0 spiro atoms. The number of fused-ring (bicyclic) bond motifs is 1. The molecule has 29 heavy (non-hydrogen) atoms. The van der Waals surface area contributed by atoms with Crippen LogP contribution in [-0.2, 0) is 11.2 Å². The molecule has 0 bridgehead atoms. The molecule has 0 aromatic carbocycles. The van der Waals surface area contributed by atoms with Crippen molar-refractivity contribution in [3.63, 3.8) is 0 Å². The summed E-state index contributed by atoms with van der Waals surface area (Å²) in [5, 5.41) is 16.4. The lowest BCUT2D eigenvalue weighted by Crippen LogP contribution is -2.39.